The normalized spacial score (nSPS) is 36.5. The van der Waals surface area contributed by atoms with E-state index in [4.69, 9.17) is 4.84 Å². The average Bonchev–Trinajstić information content (AvgIpc) is 3.23. The lowest BCUT2D eigenvalue weighted by molar-refractivity contribution is -0.869. The fraction of sp³-hybridized carbons (Fsp3) is 0.871. The molecule has 0 radical (unpaired) electrons. The quantitative estimate of drug-likeness (QED) is 0.0959. The fourth-order valence-corrected chi connectivity index (χ4v) is 8.80. The Morgan fingerprint density at radius 2 is 1.87 bits per heavy atom. The van der Waals surface area contributed by atoms with Crippen molar-refractivity contribution in [3.63, 3.8) is 0 Å². The Labute approximate surface area is 236 Å². The largest absolute Gasteiger partial charge is 0.436 e. The van der Waals surface area contributed by atoms with Gasteiger partial charge in [0.25, 0.3) is 0 Å². The van der Waals surface area contributed by atoms with Crippen LogP contribution in [0.15, 0.2) is 16.8 Å². The number of aliphatic hydroxyl groups is 2. The Balaban J connectivity index is 1.35. The lowest BCUT2D eigenvalue weighted by Gasteiger charge is -2.58. The van der Waals surface area contributed by atoms with Gasteiger partial charge in [-0.05, 0) is 86.9 Å². The molecule has 3 fully saturated rings. The van der Waals surface area contributed by atoms with Crippen molar-refractivity contribution in [3.8, 4) is 0 Å². The van der Waals surface area contributed by atoms with E-state index in [1.165, 1.54) is 36.2 Å². The molecule has 0 heterocycles. The summed E-state index contributed by atoms with van der Waals surface area (Å²) in [6, 6.07) is 0. The van der Waals surface area contributed by atoms with Crippen molar-refractivity contribution in [2.24, 2.45) is 39.7 Å². The number of allylic oxidation sites excluding steroid dienone is 1. The minimum absolute atomic E-state index is 0.101. The van der Waals surface area contributed by atoms with Crippen LogP contribution in [0.1, 0.15) is 72.1 Å². The van der Waals surface area contributed by atoms with Crippen molar-refractivity contribution in [1.82, 2.24) is 10.2 Å². The summed E-state index contributed by atoms with van der Waals surface area (Å²) >= 11 is 0. The predicted octanol–water partition coefficient (Wildman–Crippen LogP) is 4.03. The van der Waals surface area contributed by atoms with E-state index >= 15 is 0 Å². The predicted molar refractivity (Wildman–Crippen MR) is 155 cm³/mol. The molecular weight excluding hydrogens is 492 g/mol. The van der Waals surface area contributed by atoms with Gasteiger partial charge >= 0.3 is 6.09 Å². The van der Waals surface area contributed by atoms with Crippen LogP contribution in [-0.4, -0.2) is 98.0 Å². The van der Waals surface area contributed by atoms with E-state index < -0.39 is 6.09 Å². The highest BCUT2D eigenvalue weighted by Crippen LogP contribution is 2.66. The van der Waals surface area contributed by atoms with Crippen molar-refractivity contribution >= 4 is 11.8 Å². The first-order valence-corrected chi connectivity index (χ1v) is 15.4. The van der Waals surface area contributed by atoms with Crippen LogP contribution in [0, 0.1) is 34.5 Å². The number of likely N-dealkylation sites (N-methyl/N-ethyl adjacent to an activating group) is 1. The molecule has 0 unspecified atom stereocenters. The highest BCUT2D eigenvalue weighted by molar-refractivity contribution is 5.85. The number of oxime groups is 1. The summed E-state index contributed by atoms with van der Waals surface area (Å²) in [7, 11) is 6.46. The van der Waals surface area contributed by atoms with Crippen LogP contribution in [0.5, 0.6) is 0 Å². The van der Waals surface area contributed by atoms with E-state index in [9.17, 15) is 15.0 Å². The molecule has 8 nitrogen and oxygen atoms in total. The molecule has 0 aliphatic heterocycles. The first-order chi connectivity index (χ1) is 18.4. The summed E-state index contributed by atoms with van der Waals surface area (Å²) in [5.41, 5.74) is 2.88. The molecule has 0 aromatic heterocycles. The maximum atomic E-state index is 12.8. The van der Waals surface area contributed by atoms with Gasteiger partial charge in [-0.15, -0.1) is 0 Å². The van der Waals surface area contributed by atoms with E-state index in [-0.39, 0.29) is 30.1 Å². The number of carbonyl (C=O) groups is 1. The first kappa shape index (κ1) is 30.5. The number of fused-ring (bicyclic) bond motifs is 5. The third-order valence-electron chi connectivity index (χ3n) is 11.0. The smallest absolute Gasteiger partial charge is 0.395 e. The number of amides is 1. The lowest BCUT2D eigenvalue weighted by atomic mass is 9.46. The molecular formula is C31H55N4O4+. The van der Waals surface area contributed by atoms with Crippen LogP contribution in [0.4, 0.5) is 4.79 Å². The molecule has 0 aromatic rings. The van der Waals surface area contributed by atoms with Crippen molar-refractivity contribution in [2.75, 3.05) is 60.5 Å². The molecule has 0 bridgehead atoms. The molecule has 3 N–H and O–H groups in total. The standard InChI is InChI=1S/C31H55N4O4/c1-22(33-39-29(38)34(18-20-36)17-15-32-16-19-35(4,5)6)26-9-10-27-25-8-7-23-21-24(37)11-13-30(23,2)28(25)12-14-31(26,27)3/h21,24-28,32,36-37H,7-20H2,1-6H3/q+1/b33-22+/t24-,25+,26-,27+,28+,30+,31-/m1/s1. The maximum absolute atomic E-state index is 12.8. The highest BCUT2D eigenvalue weighted by Gasteiger charge is 2.59. The zero-order valence-corrected chi connectivity index (χ0v) is 25.4. The monoisotopic (exact) mass is 547 g/mol. The summed E-state index contributed by atoms with van der Waals surface area (Å²) in [6.45, 7) is 10.1. The van der Waals surface area contributed by atoms with Crippen LogP contribution in [0.25, 0.3) is 0 Å². The molecule has 7 atom stereocenters. The lowest BCUT2D eigenvalue weighted by Crippen LogP contribution is -2.51. The molecule has 0 saturated heterocycles. The van der Waals surface area contributed by atoms with E-state index in [1.807, 2.05) is 6.92 Å². The molecule has 8 heteroatoms. The van der Waals surface area contributed by atoms with Crippen molar-refractivity contribution in [2.45, 2.75) is 78.2 Å². The molecule has 39 heavy (non-hydrogen) atoms. The Morgan fingerprint density at radius 3 is 2.59 bits per heavy atom. The summed E-state index contributed by atoms with van der Waals surface area (Å²) < 4.78 is 0.882. The Bertz CT molecular complexity index is 930. The van der Waals surface area contributed by atoms with Gasteiger partial charge in [0, 0.05) is 32.1 Å². The average molecular weight is 548 g/mol. The van der Waals surface area contributed by atoms with Gasteiger partial charge in [-0.25, -0.2) is 4.79 Å². The second-order valence-electron chi connectivity index (χ2n) is 14.4. The van der Waals surface area contributed by atoms with Gasteiger partial charge < -0.3 is 24.9 Å². The molecule has 4 aliphatic rings. The van der Waals surface area contributed by atoms with Gasteiger partial charge in [0.05, 0.1) is 46.1 Å². The SMILES string of the molecule is C/C(=N\OC(=O)N(CCO)CCNCC[N+](C)(C)C)[C@H]1CC[C@H]2[C@@H]3CCC4=C[C@H](O)CC[C@]4(C)[C@H]3CC[C@]12C. The van der Waals surface area contributed by atoms with E-state index in [0.29, 0.717) is 30.8 Å². The Morgan fingerprint density at radius 1 is 1.10 bits per heavy atom. The minimum Gasteiger partial charge on any atom is -0.395 e. The molecule has 3 saturated carbocycles. The highest BCUT2D eigenvalue weighted by atomic mass is 16.7. The number of aliphatic hydroxyl groups excluding tert-OH is 2. The molecule has 1 amide bonds. The second-order valence-corrected chi connectivity index (χ2v) is 14.4. The maximum Gasteiger partial charge on any atom is 0.436 e. The number of nitrogens with zero attached hydrogens (tertiary/aromatic N) is 3. The van der Waals surface area contributed by atoms with Gasteiger partial charge in [0.2, 0.25) is 0 Å². The number of rotatable bonds is 10. The summed E-state index contributed by atoms with van der Waals surface area (Å²) in [5, 5.41) is 27.5. The number of carbonyl (C=O) groups excluding carboxylic acids is 1. The molecule has 4 aliphatic carbocycles. The summed E-state index contributed by atoms with van der Waals surface area (Å²) in [4.78, 5) is 19.9. The zero-order valence-electron chi connectivity index (χ0n) is 25.4. The second kappa shape index (κ2) is 12.2. The minimum atomic E-state index is -0.487. The van der Waals surface area contributed by atoms with Crippen LogP contribution in [0.3, 0.4) is 0 Å². The fourth-order valence-electron chi connectivity index (χ4n) is 8.80. The number of nitrogens with one attached hydrogen (secondary N) is 1. The Kier molecular flexibility index (Phi) is 9.51. The van der Waals surface area contributed by atoms with Crippen LogP contribution in [0.2, 0.25) is 0 Å². The van der Waals surface area contributed by atoms with Gasteiger partial charge in [0.1, 0.15) is 0 Å². The van der Waals surface area contributed by atoms with E-state index in [0.717, 1.165) is 54.9 Å². The zero-order chi connectivity index (χ0) is 28.4. The molecule has 0 spiro atoms. The number of quaternary nitrogens is 1. The molecule has 0 aromatic carbocycles. The van der Waals surface area contributed by atoms with Crippen molar-refractivity contribution in [3.05, 3.63) is 11.6 Å². The summed E-state index contributed by atoms with van der Waals surface area (Å²) in [5.74, 6) is 2.44. The number of hydrogen-bond donors (Lipinski definition) is 3. The molecule has 4 rings (SSSR count). The van der Waals surface area contributed by atoms with E-state index in [2.05, 4.69) is 51.5 Å². The summed E-state index contributed by atoms with van der Waals surface area (Å²) in [6.07, 6.45) is 10.5. The van der Waals surface area contributed by atoms with Crippen molar-refractivity contribution in [1.29, 1.82) is 0 Å². The third kappa shape index (κ3) is 6.55. The first-order valence-electron chi connectivity index (χ1n) is 15.4. The van der Waals surface area contributed by atoms with Crippen molar-refractivity contribution < 1.29 is 24.3 Å². The van der Waals surface area contributed by atoms with Gasteiger partial charge in [-0.1, -0.05) is 30.7 Å². The van der Waals surface area contributed by atoms with E-state index in [1.54, 1.807) is 0 Å². The topological polar surface area (TPSA) is 94.4 Å². The number of hydrogen-bond acceptors (Lipinski definition) is 6. The van der Waals surface area contributed by atoms with Gasteiger partial charge in [0.15, 0.2) is 0 Å². The van der Waals surface area contributed by atoms with Gasteiger partial charge in [-0.2, -0.15) is 0 Å². The van der Waals surface area contributed by atoms with Crippen LogP contribution in [-0.2, 0) is 4.84 Å². The van der Waals surface area contributed by atoms with Crippen LogP contribution >= 0.6 is 0 Å². The van der Waals surface area contributed by atoms with Gasteiger partial charge in [-0.3, -0.25) is 4.84 Å². The third-order valence-corrected chi connectivity index (χ3v) is 11.0. The molecule has 222 valence electrons. The van der Waals surface area contributed by atoms with Crippen LogP contribution < -0.4 is 5.32 Å². The Hall–Kier alpha value is -1.48.